The number of hydrogen-bond donors (Lipinski definition) is 1. The number of carbonyl (C=O) groups excluding carboxylic acids is 1. The standard InChI is InChI=1S/C12H22N2O2/c1-12(2,3)8-14-10(7-16-11(14)15)9-4-5-13-6-9/h9-10,13H,4-8H2,1-3H3. The molecule has 0 aliphatic carbocycles. The van der Waals surface area contributed by atoms with Crippen LogP contribution in [0, 0.1) is 11.3 Å². The molecule has 16 heavy (non-hydrogen) atoms. The van der Waals surface area contributed by atoms with Crippen LogP contribution in [0.15, 0.2) is 0 Å². The lowest BCUT2D eigenvalue weighted by molar-refractivity contribution is 0.139. The predicted molar refractivity (Wildman–Crippen MR) is 62.3 cm³/mol. The van der Waals surface area contributed by atoms with Crippen molar-refractivity contribution < 1.29 is 9.53 Å². The molecule has 4 heteroatoms. The summed E-state index contributed by atoms with van der Waals surface area (Å²) in [7, 11) is 0. The lowest BCUT2D eigenvalue weighted by Gasteiger charge is -2.31. The van der Waals surface area contributed by atoms with E-state index in [1.54, 1.807) is 0 Å². The van der Waals surface area contributed by atoms with Gasteiger partial charge in [0.1, 0.15) is 6.61 Å². The maximum absolute atomic E-state index is 11.7. The summed E-state index contributed by atoms with van der Waals surface area (Å²) in [6.07, 6.45) is 1.02. The average molecular weight is 226 g/mol. The van der Waals surface area contributed by atoms with E-state index in [4.69, 9.17) is 4.74 Å². The van der Waals surface area contributed by atoms with Gasteiger partial charge in [-0.1, -0.05) is 20.8 Å². The van der Waals surface area contributed by atoms with E-state index in [2.05, 4.69) is 26.1 Å². The number of amides is 1. The summed E-state index contributed by atoms with van der Waals surface area (Å²) < 4.78 is 5.20. The molecule has 0 radical (unpaired) electrons. The summed E-state index contributed by atoms with van der Waals surface area (Å²) in [4.78, 5) is 13.6. The normalized spacial score (nSPS) is 30.9. The molecule has 4 nitrogen and oxygen atoms in total. The minimum absolute atomic E-state index is 0.133. The summed E-state index contributed by atoms with van der Waals surface area (Å²) in [6.45, 7) is 9.91. The Labute approximate surface area is 97.3 Å². The highest BCUT2D eigenvalue weighted by Crippen LogP contribution is 2.27. The van der Waals surface area contributed by atoms with Crippen molar-refractivity contribution in [3.8, 4) is 0 Å². The molecule has 2 heterocycles. The molecule has 2 unspecified atom stereocenters. The Morgan fingerprint density at radius 1 is 1.50 bits per heavy atom. The summed E-state index contributed by atoms with van der Waals surface area (Å²) in [5.41, 5.74) is 0.133. The van der Waals surface area contributed by atoms with Crippen LogP contribution in [-0.4, -0.2) is 43.3 Å². The van der Waals surface area contributed by atoms with Crippen LogP contribution in [0.25, 0.3) is 0 Å². The second-order valence-electron chi connectivity index (χ2n) is 6.09. The molecule has 2 rings (SSSR count). The second kappa shape index (κ2) is 4.24. The maximum Gasteiger partial charge on any atom is 0.410 e. The van der Waals surface area contributed by atoms with Gasteiger partial charge in [-0.2, -0.15) is 0 Å². The van der Waals surface area contributed by atoms with E-state index < -0.39 is 0 Å². The number of hydrogen-bond acceptors (Lipinski definition) is 3. The molecule has 0 aromatic carbocycles. The van der Waals surface area contributed by atoms with Crippen molar-refractivity contribution in [2.75, 3.05) is 26.2 Å². The third kappa shape index (κ3) is 2.48. The Morgan fingerprint density at radius 2 is 2.25 bits per heavy atom. The fourth-order valence-electron chi connectivity index (χ4n) is 2.55. The van der Waals surface area contributed by atoms with Crippen molar-refractivity contribution in [1.29, 1.82) is 0 Å². The molecule has 0 saturated carbocycles. The van der Waals surface area contributed by atoms with Crippen molar-refractivity contribution in [2.24, 2.45) is 11.3 Å². The van der Waals surface area contributed by atoms with Crippen LogP contribution in [0.1, 0.15) is 27.2 Å². The topological polar surface area (TPSA) is 41.6 Å². The molecule has 2 saturated heterocycles. The fourth-order valence-corrected chi connectivity index (χ4v) is 2.55. The number of rotatable bonds is 2. The molecule has 0 aromatic heterocycles. The van der Waals surface area contributed by atoms with Crippen LogP contribution in [0.5, 0.6) is 0 Å². The van der Waals surface area contributed by atoms with E-state index in [1.807, 2.05) is 4.90 Å². The molecular formula is C12H22N2O2. The Bertz CT molecular complexity index is 267. The van der Waals surface area contributed by atoms with E-state index in [9.17, 15) is 4.79 Å². The molecule has 2 atom stereocenters. The minimum Gasteiger partial charge on any atom is -0.447 e. The largest absolute Gasteiger partial charge is 0.447 e. The summed E-state index contributed by atoms with van der Waals surface area (Å²) in [5.74, 6) is 0.564. The Morgan fingerprint density at radius 3 is 2.81 bits per heavy atom. The summed E-state index contributed by atoms with van der Waals surface area (Å²) >= 11 is 0. The van der Waals surface area contributed by atoms with Crippen molar-refractivity contribution in [1.82, 2.24) is 10.2 Å². The van der Waals surface area contributed by atoms with Gasteiger partial charge in [0, 0.05) is 13.1 Å². The van der Waals surface area contributed by atoms with E-state index in [-0.39, 0.29) is 17.6 Å². The van der Waals surface area contributed by atoms with Crippen LogP contribution in [0.4, 0.5) is 4.79 Å². The van der Waals surface area contributed by atoms with Crippen molar-refractivity contribution in [3.63, 3.8) is 0 Å². The van der Waals surface area contributed by atoms with Gasteiger partial charge in [-0.05, 0) is 24.3 Å². The van der Waals surface area contributed by atoms with Gasteiger partial charge in [0.2, 0.25) is 0 Å². The molecule has 2 fully saturated rings. The first-order valence-electron chi connectivity index (χ1n) is 6.11. The summed E-state index contributed by atoms with van der Waals surface area (Å²) in [6, 6.07) is 0.279. The van der Waals surface area contributed by atoms with Gasteiger partial charge in [0.15, 0.2) is 0 Å². The molecule has 1 N–H and O–H groups in total. The van der Waals surface area contributed by atoms with Crippen LogP contribution in [0.2, 0.25) is 0 Å². The van der Waals surface area contributed by atoms with Crippen LogP contribution in [-0.2, 0) is 4.74 Å². The molecule has 0 spiro atoms. The van der Waals surface area contributed by atoms with Gasteiger partial charge in [-0.25, -0.2) is 4.79 Å². The zero-order chi connectivity index (χ0) is 11.8. The van der Waals surface area contributed by atoms with E-state index in [0.29, 0.717) is 12.5 Å². The highest BCUT2D eigenvalue weighted by atomic mass is 16.6. The predicted octanol–water partition coefficient (Wildman–Crippen LogP) is 1.46. The highest BCUT2D eigenvalue weighted by Gasteiger charge is 2.40. The van der Waals surface area contributed by atoms with Gasteiger partial charge < -0.3 is 15.0 Å². The smallest absolute Gasteiger partial charge is 0.410 e. The average Bonchev–Trinajstić information content (AvgIpc) is 2.75. The van der Waals surface area contributed by atoms with Gasteiger partial charge in [-0.15, -0.1) is 0 Å². The molecule has 2 aliphatic heterocycles. The van der Waals surface area contributed by atoms with E-state index in [1.165, 1.54) is 0 Å². The molecule has 2 aliphatic rings. The van der Waals surface area contributed by atoms with E-state index >= 15 is 0 Å². The molecular weight excluding hydrogens is 204 g/mol. The van der Waals surface area contributed by atoms with E-state index in [0.717, 1.165) is 26.1 Å². The Hall–Kier alpha value is -0.770. The zero-order valence-electron chi connectivity index (χ0n) is 10.5. The molecule has 1 amide bonds. The third-order valence-corrected chi connectivity index (χ3v) is 3.30. The van der Waals surface area contributed by atoms with Gasteiger partial charge >= 0.3 is 6.09 Å². The summed E-state index contributed by atoms with van der Waals surface area (Å²) in [5, 5.41) is 3.35. The van der Waals surface area contributed by atoms with Gasteiger partial charge in [0.05, 0.1) is 6.04 Å². The number of nitrogens with one attached hydrogen (secondary N) is 1. The van der Waals surface area contributed by atoms with Crippen molar-refractivity contribution in [3.05, 3.63) is 0 Å². The quantitative estimate of drug-likeness (QED) is 0.775. The number of carbonyl (C=O) groups is 1. The third-order valence-electron chi connectivity index (χ3n) is 3.30. The first-order chi connectivity index (χ1) is 7.47. The Balaban J connectivity index is 2.03. The van der Waals surface area contributed by atoms with Crippen LogP contribution in [0.3, 0.4) is 0 Å². The van der Waals surface area contributed by atoms with Gasteiger partial charge in [0.25, 0.3) is 0 Å². The lowest BCUT2D eigenvalue weighted by Crippen LogP contribution is -2.44. The maximum atomic E-state index is 11.7. The zero-order valence-corrected chi connectivity index (χ0v) is 10.5. The minimum atomic E-state index is -0.133. The number of nitrogens with zero attached hydrogens (tertiary/aromatic N) is 1. The van der Waals surface area contributed by atoms with Gasteiger partial charge in [-0.3, -0.25) is 0 Å². The highest BCUT2D eigenvalue weighted by molar-refractivity contribution is 5.70. The SMILES string of the molecule is CC(C)(C)CN1C(=O)OCC1C1CCNC1. The monoisotopic (exact) mass is 226 g/mol. The fraction of sp³-hybridized carbons (Fsp3) is 0.917. The molecule has 92 valence electrons. The first kappa shape index (κ1) is 11.7. The second-order valence-corrected chi connectivity index (χ2v) is 6.09. The van der Waals surface area contributed by atoms with Crippen LogP contribution >= 0.6 is 0 Å². The lowest BCUT2D eigenvalue weighted by atomic mass is 9.93. The van der Waals surface area contributed by atoms with Crippen LogP contribution < -0.4 is 5.32 Å². The van der Waals surface area contributed by atoms with Crippen molar-refractivity contribution >= 4 is 6.09 Å². The Kier molecular flexibility index (Phi) is 3.10. The molecule has 0 aromatic rings. The molecule has 0 bridgehead atoms. The van der Waals surface area contributed by atoms with Crippen molar-refractivity contribution in [2.45, 2.75) is 33.2 Å². The first-order valence-corrected chi connectivity index (χ1v) is 6.11. The number of ether oxygens (including phenoxy) is 1. The number of cyclic esters (lactones) is 1.